The van der Waals surface area contributed by atoms with Gasteiger partial charge in [0.25, 0.3) is 5.91 Å². The van der Waals surface area contributed by atoms with Gasteiger partial charge in [-0.2, -0.15) is 10.1 Å². The van der Waals surface area contributed by atoms with Crippen LogP contribution in [-0.4, -0.2) is 19.6 Å². The van der Waals surface area contributed by atoms with Crippen LogP contribution in [0.5, 0.6) is 5.75 Å². The van der Waals surface area contributed by atoms with E-state index in [0.29, 0.717) is 11.4 Å². The molecular formula is C9H9N3O2. The summed E-state index contributed by atoms with van der Waals surface area (Å²) in [6.45, 7) is 0.122. The van der Waals surface area contributed by atoms with E-state index in [0.717, 1.165) is 0 Å². The Balaban J connectivity index is 2.31. The van der Waals surface area contributed by atoms with Gasteiger partial charge in [-0.15, -0.1) is 0 Å². The van der Waals surface area contributed by atoms with Gasteiger partial charge in [0.2, 0.25) is 0 Å². The van der Waals surface area contributed by atoms with Crippen molar-refractivity contribution in [1.29, 1.82) is 0 Å². The average molecular weight is 191 g/mol. The first-order valence-electron chi connectivity index (χ1n) is 4.15. The first-order chi connectivity index (χ1) is 6.81. The number of nitrogens with zero attached hydrogens (tertiary/aromatic N) is 3. The quantitative estimate of drug-likeness (QED) is 0.709. The van der Waals surface area contributed by atoms with E-state index in [4.69, 9.17) is 4.74 Å². The average Bonchev–Trinajstić information content (AvgIpc) is 2.65. The van der Waals surface area contributed by atoms with Crippen molar-refractivity contribution in [3.05, 3.63) is 24.3 Å². The lowest BCUT2D eigenvalue weighted by atomic mass is 10.3. The predicted molar refractivity (Wildman–Crippen MR) is 50.2 cm³/mol. The van der Waals surface area contributed by atoms with Gasteiger partial charge in [-0.3, -0.25) is 4.79 Å². The maximum absolute atomic E-state index is 11.3. The molecule has 14 heavy (non-hydrogen) atoms. The molecule has 0 saturated carbocycles. The molecule has 0 spiro atoms. The fourth-order valence-corrected chi connectivity index (χ4v) is 1.21. The molecule has 1 heterocycles. The second-order valence-corrected chi connectivity index (χ2v) is 2.80. The van der Waals surface area contributed by atoms with Crippen LogP contribution in [0.3, 0.4) is 0 Å². The normalized spacial score (nSPS) is 14.9. The van der Waals surface area contributed by atoms with Gasteiger partial charge >= 0.3 is 0 Å². The van der Waals surface area contributed by atoms with Crippen LogP contribution in [0.2, 0.25) is 0 Å². The summed E-state index contributed by atoms with van der Waals surface area (Å²) in [5.74, 6) is 0.565. The number of carbonyl (C=O) groups excluding carboxylic acids is 1. The van der Waals surface area contributed by atoms with Gasteiger partial charge in [0, 0.05) is 6.07 Å². The highest BCUT2D eigenvalue weighted by Gasteiger charge is 2.20. The van der Waals surface area contributed by atoms with Crippen LogP contribution in [0.25, 0.3) is 0 Å². The van der Waals surface area contributed by atoms with Crippen molar-refractivity contribution in [2.75, 3.05) is 18.7 Å². The molecule has 1 aromatic rings. The van der Waals surface area contributed by atoms with Crippen LogP contribution in [-0.2, 0) is 4.79 Å². The SMILES string of the molecule is COc1cccc(N2N=NCC2=O)c1. The second-order valence-electron chi connectivity index (χ2n) is 2.80. The Kier molecular flexibility index (Phi) is 2.14. The van der Waals surface area contributed by atoms with Crippen molar-refractivity contribution in [3.63, 3.8) is 0 Å². The Morgan fingerprint density at radius 2 is 2.36 bits per heavy atom. The Bertz CT molecular complexity index is 389. The number of rotatable bonds is 2. The molecule has 0 aliphatic carbocycles. The molecule has 0 saturated heterocycles. The molecule has 0 bridgehead atoms. The number of hydrogen-bond acceptors (Lipinski definition) is 4. The van der Waals surface area contributed by atoms with Crippen LogP contribution in [0, 0.1) is 0 Å². The van der Waals surface area contributed by atoms with E-state index in [1.807, 2.05) is 0 Å². The molecule has 1 aliphatic rings. The molecule has 0 fully saturated rings. The van der Waals surface area contributed by atoms with Gasteiger partial charge < -0.3 is 4.74 Å². The summed E-state index contributed by atoms with van der Waals surface area (Å²) in [6.07, 6.45) is 0. The minimum absolute atomic E-state index is 0.122. The Morgan fingerprint density at radius 3 is 3.00 bits per heavy atom. The summed E-state index contributed by atoms with van der Waals surface area (Å²) in [5.41, 5.74) is 0.676. The maximum atomic E-state index is 11.3. The van der Waals surface area contributed by atoms with E-state index in [1.54, 1.807) is 31.4 Å². The van der Waals surface area contributed by atoms with Crippen LogP contribution in [0.1, 0.15) is 0 Å². The Morgan fingerprint density at radius 1 is 1.50 bits per heavy atom. The molecule has 2 rings (SSSR count). The summed E-state index contributed by atoms with van der Waals surface area (Å²) in [5, 5.41) is 8.62. The van der Waals surface area contributed by atoms with Crippen molar-refractivity contribution in [2.24, 2.45) is 10.3 Å². The van der Waals surface area contributed by atoms with Crippen molar-refractivity contribution in [3.8, 4) is 5.75 Å². The maximum Gasteiger partial charge on any atom is 0.272 e. The zero-order chi connectivity index (χ0) is 9.97. The monoisotopic (exact) mass is 191 g/mol. The van der Waals surface area contributed by atoms with Gasteiger partial charge in [-0.05, 0) is 12.1 Å². The number of amides is 1. The molecular weight excluding hydrogens is 182 g/mol. The summed E-state index contributed by atoms with van der Waals surface area (Å²) in [7, 11) is 1.58. The van der Waals surface area contributed by atoms with Crippen LogP contribution >= 0.6 is 0 Å². The third-order valence-electron chi connectivity index (χ3n) is 1.89. The van der Waals surface area contributed by atoms with E-state index in [-0.39, 0.29) is 12.5 Å². The largest absolute Gasteiger partial charge is 0.497 e. The minimum Gasteiger partial charge on any atom is -0.497 e. The molecule has 0 atom stereocenters. The molecule has 72 valence electrons. The summed E-state index contributed by atoms with van der Waals surface area (Å²) in [6, 6.07) is 7.13. The van der Waals surface area contributed by atoms with Crippen molar-refractivity contribution in [1.82, 2.24) is 0 Å². The number of carbonyl (C=O) groups is 1. The lowest BCUT2D eigenvalue weighted by Crippen LogP contribution is -2.21. The molecule has 0 radical (unpaired) electrons. The number of benzene rings is 1. The summed E-state index contributed by atoms with van der Waals surface area (Å²) in [4.78, 5) is 11.3. The van der Waals surface area contributed by atoms with Gasteiger partial charge in [0.15, 0.2) is 0 Å². The topological polar surface area (TPSA) is 54.3 Å². The molecule has 1 aliphatic heterocycles. The summed E-state index contributed by atoms with van der Waals surface area (Å²) < 4.78 is 5.04. The molecule has 5 nitrogen and oxygen atoms in total. The predicted octanol–water partition coefficient (Wildman–Crippen LogP) is 1.41. The van der Waals surface area contributed by atoms with Crippen LogP contribution in [0.15, 0.2) is 34.6 Å². The third kappa shape index (κ3) is 1.44. The van der Waals surface area contributed by atoms with Gasteiger partial charge in [-0.1, -0.05) is 11.3 Å². The molecule has 1 aromatic carbocycles. The first kappa shape index (κ1) is 8.68. The lowest BCUT2D eigenvalue weighted by molar-refractivity contribution is -0.116. The van der Waals surface area contributed by atoms with E-state index < -0.39 is 0 Å². The highest BCUT2D eigenvalue weighted by molar-refractivity contribution is 5.95. The number of ether oxygens (including phenoxy) is 1. The number of methoxy groups -OCH3 is 1. The smallest absolute Gasteiger partial charge is 0.272 e. The molecule has 0 aromatic heterocycles. The van der Waals surface area contributed by atoms with E-state index in [1.165, 1.54) is 5.01 Å². The molecule has 0 N–H and O–H groups in total. The van der Waals surface area contributed by atoms with Crippen molar-refractivity contribution >= 4 is 11.6 Å². The third-order valence-corrected chi connectivity index (χ3v) is 1.89. The number of hydrogen-bond donors (Lipinski definition) is 0. The second kappa shape index (κ2) is 3.45. The standard InChI is InChI=1S/C9H9N3O2/c1-14-8-4-2-3-7(5-8)12-9(13)6-10-11-12/h2-5H,6H2,1H3. The van der Waals surface area contributed by atoms with E-state index >= 15 is 0 Å². The van der Waals surface area contributed by atoms with Gasteiger partial charge in [0.1, 0.15) is 12.3 Å². The number of anilines is 1. The zero-order valence-electron chi connectivity index (χ0n) is 7.67. The highest BCUT2D eigenvalue weighted by atomic mass is 16.5. The van der Waals surface area contributed by atoms with E-state index in [9.17, 15) is 4.79 Å². The van der Waals surface area contributed by atoms with Gasteiger partial charge in [0.05, 0.1) is 12.8 Å². The van der Waals surface area contributed by atoms with E-state index in [2.05, 4.69) is 10.3 Å². The van der Waals surface area contributed by atoms with Crippen molar-refractivity contribution in [2.45, 2.75) is 0 Å². The molecule has 0 unspecified atom stereocenters. The van der Waals surface area contributed by atoms with Crippen LogP contribution in [0.4, 0.5) is 5.69 Å². The van der Waals surface area contributed by atoms with Gasteiger partial charge in [-0.25, -0.2) is 0 Å². The lowest BCUT2D eigenvalue weighted by Gasteiger charge is -2.10. The van der Waals surface area contributed by atoms with Crippen molar-refractivity contribution < 1.29 is 9.53 Å². The Labute approximate surface area is 81.0 Å². The summed E-state index contributed by atoms with van der Waals surface area (Å²) >= 11 is 0. The fraction of sp³-hybridized carbons (Fsp3) is 0.222. The zero-order valence-corrected chi connectivity index (χ0v) is 7.67. The molecule has 1 amide bonds. The minimum atomic E-state index is -0.127. The first-order valence-corrected chi connectivity index (χ1v) is 4.15. The Hall–Kier alpha value is -1.91. The molecule has 5 heteroatoms. The fourth-order valence-electron chi connectivity index (χ4n) is 1.21. The highest BCUT2D eigenvalue weighted by Crippen LogP contribution is 2.23. The van der Waals surface area contributed by atoms with Crippen LogP contribution < -0.4 is 9.75 Å².